The van der Waals surface area contributed by atoms with Gasteiger partial charge in [0.05, 0.1) is 33.5 Å². The van der Waals surface area contributed by atoms with Gasteiger partial charge in [-0.3, -0.25) is 63.3 Å². The van der Waals surface area contributed by atoms with E-state index >= 15 is 0 Å². The molecule has 0 saturated heterocycles. The van der Waals surface area contributed by atoms with Gasteiger partial charge in [-0.05, 0) is 87.3 Å². The molecule has 6 rings (SSSR count). The van der Waals surface area contributed by atoms with E-state index < -0.39 is 96.0 Å². The molecule has 8 unspecified atom stereocenters. The molecule has 0 aliphatic carbocycles. The smallest absolute Gasteiger partial charge is 0.329 e. The van der Waals surface area contributed by atoms with E-state index in [0.717, 1.165) is 15.8 Å². The van der Waals surface area contributed by atoms with E-state index in [1.165, 1.54) is 46.2 Å². The Labute approximate surface area is 556 Å². The number of aliphatic carboxylic acids is 3. The molecule has 8 atom stereocenters. The number of fused-ring (bicyclic) bond motifs is 2. The Morgan fingerprint density at radius 2 is 0.968 bits per heavy atom. The second-order valence-electron chi connectivity index (χ2n) is 21.7. The molecular weight excluding hydrogens is 1300 g/mol. The van der Waals surface area contributed by atoms with Gasteiger partial charge in [0.25, 0.3) is 0 Å². The number of nitrogens with two attached hydrogens (primary N) is 6. The fraction of sp³-hybridized carbons (Fsp3) is 0.491. The molecular formula is C57H80N20O13S4. The van der Waals surface area contributed by atoms with E-state index in [-0.39, 0.29) is 80.9 Å². The zero-order valence-corrected chi connectivity index (χ0v) is 55.3. The maximum absolute atomic E-state index is 13.4. The second-order valence-corrected chi connectivity index (χ2v) is 25.7. The number of carbonyl (C=O) groups excluding carboxylic acids is 7. The van der Waals surface area contributed by atoms with E-state index in [4.69, 9.17) is 39.5 Å². The van der Waals surface area contributed by atoms with Gasteiger partial charge < -0.3 is 86.9 Å². The highest BCUT2D eigenvalue weighted by molar-refractivity contribution is 8.15. The zero-order chi connectivity index (χ0) is 69.2. The minimum absolute atomic E-state index is 0.0138. The molecule has 7 amide bonds. The van der Waals surface area contributed by atoms with Crippen LogP contribution >= 0.6 is 46.2 Å². The number of rotatable bonds is 35. The van der Waals surface area contributed by atoms with Crippen LogP contribution in [-0.4, -0.2) is 187 Å². The number of carboxylic acid groups (broad SMARTS) is 3. The number of anilines is 2. The van der Waals surface area contributed by atoms with Gasteiger partial charge in [-0.2, -0.15) is 0 Å². The van der Waals surface area contributed by atoms with Crippen molar-refractivity contribution in [2.75, 3.05) is 54.9 Å². The molecule has 4 aromatic rings. The Morgan fingerprint density at radius 3 is 1.36 bits per heavy atom. The number of benzene rings is 2. The van der Waals surface area contributed by atoms with E-state index in [2.05, 4.69) is 72.1 Å². The van der Waals surface area contributed by atoms with Gasteiger partial charge in [-0.25, -0.2) is 19.6 Å². The van der Waals surface area contributed by atoms with Crippen molar-refractivity contribution in [3.8, 4) is 0 Å². The van der Waals surface area contributed by atoms with Gasteiger partial charge >= 0.3 is 17.9 Å². The first-order valence-electron chi connectivity index (χ1n) is 29.7. The molecule has 2 aromatic heterocycles. The molecule has 510 valence electrons. The Kier molecular flexibility index (Phi) is 30.1. The summed E-state index contributed by atoms with van der Waals surface area (Å²) in [6, 6.07) is 5.41. The van der Waals surface area contributed by atoms with Gasteiger partial charge in [0.2, 0.25) is 41.4 Å². The number of hydrogen-bond donors (Lipinski definition) is 16. The lowest BCUT2D eigenvalue weighted by Crippen LogP contribution is -2.52. The fourth-order valence-corrected chi connectivity index (χ4v) is 12.9. The molecule has 0 bridgehead atoms. The molecule has 22 N–H and O–H groups in total. The average Bonchev–Trinajstić information content (AvgIpc) is 1.67. The zero-order valence-electron chi connectivity index (χ0n) is 52.0. The van der Waals surface area contributed by atoms with Crippen LogP contribution < -0.4 is 71.6 Å². The van der Waals surface area contributed by atoms with Crippen LogP contribution in [0.4, 0.5) is 11.4 Å². The highest BCUT2D eigenvalue weighted by Gasteiger charge is 2.31. The van der Waals surface area contributed by atoms with Gasteiger partial charge in [0.1, 0.15) is 38.2 Å². The minimum Gasteiger partial charge on any atom is -0.481 e. The van der Waals surface area contributed by atoms with E-state index in [1.54, 1.807) is 50.2 Å². The SMILES string of the molecule is CC(CCCN=C(N)N)C(=O)NCC(=O)NC(CCCN=C(N)N)C(=O)Nc1ccc2nc(C3=NC(C(=O)O)CS3)sc2c1.CCC(C)C(C)C(=O)NC(CCC(=O)O)C(=O)NCC(=O)NC(CCCN=C(N)N)C(=O)Nc1ccc2nc(C3=NC(C(=O)O)CS3)sc2c1. The molecule has 0 fully saturated rings. The largest absolute Gasteiger partial charge is 0.481 e. The Morgan fingerprint density at radius 1 is 0.553 bits per heavy atom. The predicted octanol–water partition coefficient (Wildman–Crippen LogP) is 0.393. The van der Waals surface area contributed by atoms with Crippen LogP contribution in [0.3, 0.4) is 0 Å². The van der Waals surface area contributed by atoms with Crippen molar-refractivity contribution in [1.29, 1.82) is 0 Å². The van der Waals surface area contributed by atoms with Crippen LogP contribution in [0.1, 0.15) is 95.5 Å². The number of carbonyl (C=O) groups is 10. The quantitative estimate of drug-likeness (QED) is 0.0168. The number of hydrogen-bond acceptors (Lipinski definition) is 21. The molecule has 2 aliphatic rings. The van der Waals surface area contributed by atoms with Crippen molar-refractivity contribution in [2.45, 2.75) is 116 Å². The van der Waals surface area contributed by atoms with Crippen LogP contribution in [0.2, 0.25) is 0 Å². The Hall–Kier alpha value is -9.23. The van der Waals surface area contributed by atoms with Gasteiger partial charge in [0.15, 0.2) is 30.0 Å². The minimum atomic E-state index is -1.18. The molecule has 0 radical (unpaired) electrons. The maximum Gasteiger partial charge on any atom is 0.329 e. The molecule has 37 heteroatoms. The predicted molar refractivity (Wildman–Crippen MR) is 364 cm³/mol. The lowest BCUT2D eigenvalue weighted by Gasteiger charge is -2.23. The number of thioether (sulfide) groups is 2. The number of carboxylic acids is 3. The number of thiazole rings is 2. The number of guanidine groups is 3. The van der Waals surface area contributed by atoms with Crippen LogP contribution in [-0.2, 0) is 47.9 Å². The molecule has 94 heavy (non-hydrogen) atoms. The molecule has 0 saturated carbocycles. The van der Waals surface area contributed by atoms with E-state index in [9.17, 15) is 58.2 Å². The first-order chi connectivity index (χ1) is 44.6. The summed E-state index contributed by atoms with van der Waals surface area (Å²) in [6.07, 6.45) is 2.41. The molecule has 0 spiro atoms. The summed E-state index contributed by atoms with van der Waals surface area (Å²) in [7, 11) is 0. The Balaban J connectivity index is 0.000000343. The van der Waals surface area contributed by atoms with Crippen molar-refractivity contribution in [3.05, 3.63) is 46.4 Å². The van der Waals surface area contributed by atoms with Gasteiger partial charge in [-0.15, -0.1) is 46.2 Å². The van der Waals surface area contributed by atoms with Crippen LogP contribution in [0, 0.1) is 17.8 Å². The van der Waals surface area contributed by atoms with Gasteiger partial charge in [-0.1, -0.05) is 34.1 Å². The number of aliphatic imine (C=N–C) groups is 5. The molecule has 33 nitrogen and oxygen atoms in total. The molecule has 2 aliphatic heterocycles. The Bertz CT molecular complexity index is 3550. The summed E-state index contributed by atoms with van der Waals surface area (Å²) >= 11 is 5.28. The monoisotopic (exact) mass is 1380 g/mol. The van der Waals surface area contributed by atoms with Crippen LogP contribution in [0.25, 0.3) is 20.4 Å². The van der Waals surface area contributed by atoms with Crippen molar-refractivity contribution in [2.24, 2.45) is 77.1 Å². The van der Waals surface area contributed by atoms with Crippen LogP contribution in [0.15, 0.2) is 61.4 Å². The maximum atomic E-state index is 13.4. The third-order valence-corrected chi connectivity index (χ3v) is 18.7. The number of nitrogens with one attached hydrogen (secondary N) is 7. The third kappa shape index (κ3) is 25.0. The highest BCUT2D eigenvalue weighted by atomic mass is 32.2. The summed E-state index contributed by atoms with van der Waals surface area (Å²) in [4.78, 5) is 153. The highest BCUT2D eigenvalue weighted by Crippen LogP contribution is 2.33. The first-order valence-corrected chi connectivity index (χ1v) is 33.3. The van der Waals surface area contributed by atoms with E-state index in [1.807, 2.05) is 13.8 Å². The summed E-state index contributed by atoms with van der Waals surface area (Å²) < 4.78 is 1.49. The number of nitrogens with zero attached hydrogens (tertiary/aromatic N) is 7. The fourth-order valence-electron chi connectivity index (χ4n) is 8.74. The second kappa shape index (κ2) is 37.5. The summed E-state index contributed by atoms with van der Waals surface area (Å²) in [5.74, 6) is -7.15. The lowest BCUT2D eigenvalue weighted by molar-refractivity contribution is -0.139. The normalized spacial score (nSPS) is 15.9. The van der Waals surface area contributed by atoms with Crippen molar-refractivity contribution < 1.29 is 63.3 Å². The lowest BCUT2D eigenvalue weighted by atomic mass is 9.92. The topological polar surface area (TPSA) is 559 Å². The van der Waals surface area contributed by atoms with Crippen molar-refractivity contribution in [3.63, 3.8) is 0 Å². The average molecular weight is 1380 g/mol. The van der Waals surface area contributed by atoms with E-state index in [0.29, 0.717) is 86.2 Å². The third-order valence-electron chi connectivity index (χ3n) is 14.3. The molecule has 4 heterocycles. The molecule has 2 aromatic carbocycles. The van der Waals surface area contributed by atoms with Crippen LogP contribution in [0.5, 0.6) is 0 Å². The van der Waals surface area contributed by atoms with Crippen molar-refractivity contribution >= 4 is 165 Å². The summed E-state index contributed by atoms with van der Waals surface area (Å²) in [6.45, 7) is 7.27. The first kappa shape index (κ1) is 75.5. The standard InChI is InChI=1S/C31H43N9O8S2.C26H37N11O5S2/c1-4-15(2)16(3)25(44)38-20(9-10-24(42)43)26(45)35-13-23(41)37-19(6-5-11-34-31(32)33)27(46)36-17-7-8-18-22(12-17)50-29(39-18)28-40-21(14-49-28)30(47)48;1-13(4-2-8-31-25(27)28)20(39)33-11-19(38)35-16(5-3-9-32-26(29)30)21(40)34-14-6-7-15-18(10-14)44-23(36-15)22-37-17(12-43-22)24(41)42/h7-8,12,15-16,19-21H,4-6,9-11,13-14H2,1-3H3,(H,35,45)(H,36,46)(H,37,41)(H,38,44)(H,42,43)(H,47,48)(H4,32,33,34);6-7,10,13,16-17H,2-5,8-9,11-12H2,1H3,(H,33,39)(H,34,40)(H,35,38)(H,41,42)(H4,27,28,31)(H4,29,30,32). The van der Waals surface area contributed by atoms with Crippen molar-refractivity contribution in [1.82, 2.24) is 36.6 Å². The summed E-state index contributed by atoms with van der Waals surface area (Å²) in [5, 5.41) is 48.4. The number of aromatic nitrogens is 2. The number of amides is 7. The van der Waals surface area contributed by atoms with Gasteiger partial charge in [0, 0.05) is 60.8 Å². The summed E-state index contributed by atoms with van der Waals surface area (Å²) in [5.41, 5.74) is 34.4.